The summed E-state index contributed by atoms with van der Waals surface area (Å²) in [6.45, 7) is 0.560. The molecular formula is C26H25N3O4S. The number of nitrogens with zero attached hydrogens (tertiary/aromatic N) is 2. The van der Waals surface area contributed by atoms with E-state index < -0.39 is 0 Å². The molecule has 0 radical (unpaired) electrons. The second-order valence-electron chi connectivity index (χ2n) is 7.61. The van der Waals surface area contributed by atoms with Gasteiger partial charge in [-0.25, -0.2) is 5.43 Å². The first kappa shape index (κ1) is 23.4. The van der Waals surface area contributed by atoms with Crippen molar-refractivity contribution >= 4 is 29.8 Å². The highest BCUT2D eigenvalue weighted by Crippen LogP contribution is 2.39. The third kappa shape index (κ3) is 5.40. The molecule has 1 fully saturated rings. The normalized spacial score (nSPS) is 15.5. The summed E-state index contributed by atoms with van der Waals surface area (Å²) in [5.74, 6) is 1.45. The molecule has 8 heteroatoms. The first-order valence-corrected chi connectivity index (χ1v) is 11.7. The molecule has 1 heterocycles. The average Bonchev–Trinajstić information content (AvgIpc) is 3.24. The van der Waals surface area contributed by atoms with E-state index in [1.807, 2.05) is 53.4 Å². The van der Waals surface area contributed by atoms with Crippen LogP contribution in [0.25, 0.3) is 0 Å². The fourth-order valence-corrected chi connectivity index (χ4v) is 4.83. The van der Waals surface area contributed by atoms with Crippen LogP contribution in [0.1, 0.15) is 32.4 Å². The van der Waals surface area contributed by atoms with Gasteiger partial charge >= 0.3 is 0 Å². The molecule has 0 spiro atoms. The number of amides is 2. The molecule has 3 aromatic carbocycles. The van der Waals surface area contributed by atoms with Crippen LogP contribution in [0.15, 0.2) is 77.9 Å². The van der Waals surface area contributed by atoms with E-state index in [2.05, 4.69) is 10.5 Å². The Kier molecular flexibility index (Phi) is 7.49. The minimum atomic E-state index is -0.320. The van der Waals surface area contributed by atoms with Crippen molar-refractivity contribution in [2.45, 2.75) is 11.9 Å². The molecule has 174 valence electrons. The number of hydrazone groups is 1. The van der Waals surface area contributed by atoms with E-state index in [0.29, 0.717) is 29.4 Å². The van der Waals surface area contributed by atoms with Gasteiger partial charge < -0.3 is 14.4 Å². The predicted molar refractivity (Wildman–Crippen MR) is 133 cm³/mol. The fraction of sp³-hybridized carbons (Fsp3) is 0.192. The monoisotopic (exact) mass is 475 g/mol. The van der Waals surface area contributed by atoms with Crippen LogP contribution in [0.2, 0.25) is 0 Å². The Labute approximate surface area is 202 Å². The lowest BCUT2D eigenvalue weighted by molar-refractivity contribution is -0.128. The Bertz CT molecular complexity index is 1180. The van der Waals surface area contributed by atoms with Crippen LogP contribution in [0, 0.1) is 0 Å². The molecule has 2 amide bonds. The van der Waals surface area contributed by atoms with Gasteiger partial charge in [0.05, 0.1) is 26.2 Å². The summed E-state index contributed by atoms with van der Waals surface area (Å²) in [6, 6.07) is 22.6. The quantitative estimate of drug-likeness (QED) is 0.389. The minimum absolute atomic E-state index is 0.0760. The third-order valence-electron chi connectivity index (χ3n) is 5.41. The largest absolute Gasteiger partial charge is 0.493 e. The molecule has 7 nitrogen and oxygen atoms in total. The summed E-state index contributed by atoms with van der Waals surface area (Å²) >= 11 is 1.60. The first-order chi connectivity index (χ1) is 16.6. The van der Waals surface area contributed by atoms with Crippen LogP contribution in [0.3, 0.4) is 0 Å². The lowest BCUT2D eigenvalue weighted by atomic mass is 10.1. The van der Waals surface area contributed by atoms with Crippen LogP contribution >= 0.6 is 11.8 Å². The highest BCUT2D eigenvalue weighted by molar-refractivity contribution is 8.00. The molecule has 34 heavy (non-hydrogen) atoms. The summed E-state index contributed by atoms with van der Waals surface area (Å²) in [5, 5.41) is 3.96. The number of methoxy groups -OCH3 is 2. The Hall–Kier alpha value is -3.78. The number of thioether (sulfide) groups is 1. The van der Waals surface area contributed by atoms with Gasteiger partial charge in [-0.15, -0.1) is 11.8 Å². The van der Waals surface area contributed by atoms with E-state index in [9.17, 15) is 9.59 Å². The topological polar surface area (TPSA) is 80.2 Å². The molecule has 4 rings (SSSR count). The number of hydrogen-bond donors (Lipinski definition) is 1. The number of rotatable bonds is 8. The van der Waals surface area contributed by atoms with Crippen molar-refractivity contribution in [1.82, 2.24) is 10.3 Å². The molecule has 0 aromatic heterocycles. The first-order valence-electron chi connectivity index (χ1n) is 10.7. The van der Waals surface area contributed by atoms with Crippen molar-refractivity contribution in [1.29, 1.82) is 0 Å². The highest BCUT2D eigenvalue weighted by Gasteiger charge is 2.32. The van der Waals surface area contributed by atoms with Gasteiger partial charge in [-0.05, 0) is 47.0 Å². The highest BCUT2D eigenvalue weighted by atomic mass is 32.2. The number of ether oxygens (including phenoxy) is 2. The summed E-state index contributed by atoms with van der Waals surface area (Å²) in [6.07, 6.45) is 1.54. The van der Waals surface area contributed by atoms with E-state index in [-0.39, 0.29) is 17.2 Å². The second-order valence-corrected chi connectivity index (χ2v) is 8.67. The molecule has 1 aliphatic rings. The van der Waals surface area contributed by atoms with Crippen LogP contribution in [-0.4, -0.2) is 42.9 Å². The molecule has 1 aliphatic heterocycles. The molecule has 3 aromatic rings. The molecule has 0 bridgehead atoms. The summed E-state index contributed by atoms with van der Waals surface area (Å²) in [4.78, 5) is 26.8. The van der Waals surface area contributed by atoms with E-state index >= 15 is 0 Å². The van der Waals surface area contributed by atoms with Crippen LogP contribution in [-0.2, 0) is 11.3 Å². The van der Waals surface area contributed by atoms with Gasteiger partial charge in [-0.1, -0.05) is 42.5 Å². The summed E-state index contributed by atoms with van der Waals surface area (Å²) < 4.78 is 10.5. The minimum Gasteiger partial charge on any atom is -0.493 e. The molecule has 1 N–H and O–H groups in total. The van der Waals surface area contributed by atoms with E-state index in [0.717, 1.165) is 16.7 Å². The molecule has 1 atom stereocenters. The van der Waals surface area contributed by atoms with Crippen molar-refractivity contribution in [3.8, 4) is 11.5 Å². The van der Waals surface area contributed by atoms with Gasteiger partial charge in [0.1, 0.15) is 5.37 Å². The molecule has 0 saturated carbocycles. The lowest BCUT2D eigenvalue weighted by Gasteiger charge is -2.24. The summed E-state index contributed by atoms with van der Waals surface area (Å²) in [5.41, 5.74) is 5.86. The number of carbonyl (C=O) groups excluding carboxylic acids is 2. The maximum Gasteiger partial charge on any atom is 0.271 e. The number of benzene rings is 3. The van der Waals surface area contributed by atoms with Crippen molar-refractivity contribution in [2.24, 2.45) is 5.10 Å². The van der Waals surface area contributed by atoms with Crippen molar-refractivity contribution in [3.05, 3.63) is 95.1 Å². The summed E-state index contributed by atoms with van der Waals surface area (Å²) in [7, 11) is 3.13. The zero-order valence-electron chi connectivity index (χ0n) is 18.9. The zero-order valence-corrected chi connectivity index (χ0v) is 19.7. The van der Waals surface area contributed by atoms with Gasteiger partial charge in [0.15, 0.2) is 11.5 Å². The smallest absolute Gasteiger partial charge is 0.271 e. The number of hydrogen-bond acceptors (Lipinski definition) is 6. The van der Waals surface area contributed by atoms with Crippen LogP contribution < -0.4 is 14.9 Å². The van der Waals surface area contributed by atoms with Gasteiger partial charge in [0.2, 0.25) is 5.91 Å². The molecule has 0 aliphatic carbocycles. The van der Waals surface area contributed by atoms with Crippen molar-refractivity contribution in [3.63, 3.8) is 0 Å². The Morgan fingerprint density at radius 3 is 2.50 bits per heavy atom. The Morgan fingerprint density at radius 2 is 1.79 bits per heavy atom. The number of carbonyl (C=O) groups is 2. The van der Waals surface area contributed by atoms with Crippen molar-refractivity contribution in [2.75, 3.05) is 20.0 Å². The van der Waals surface area contributed by atoms with E-state index in [4.69, 9.17) is 9.47 Å². The number of nitrogens with one attached hydrogen (secondary N) is 1. The SMILES string of the molecule is COc1ccc(/C=N\NC(=O)c2ccc([C@H]3SCC(=O)N3Cc3ccccc3)cc2)cc1OC. The average molecular weight is 476 g/mol. The van der Waals surface area contributed by atoms with Crippen molar-refractivity contribution < 1.29 is 19.1 Å². The van der Waals surface area contributed by atoms with Gasteiger partial charge in [0, 0.05) is 12.1 Å². The standard InChI is InChI=1S/C26H25N3O4S/c1-32-22-13-8-19(14-23(22)33-2)15-27-28-25(31)20-9-11-21(12-10-20)26-29(24(30)17-34-26)16-18-6-4-3-5-7-18/h3-15,26H,16-17H2,1-2H3,(H,28,31)/b27-15-/t26-/m1/s1. The molecule has 0 unspecified atom stereocenters. The van der Waals surface area contributed by atoms with E-state index in [1.165, 1.54) is 6.21 Å². The maximum atomic E-state index is 12.5. The van der Waals surface area contributed by atoms with Crippen LogP contribution in [0.4, 0.5) is 0 Å². The lowest BCUT2D eigenvalue weighted by Crippen LogP contribution is -2.27. The van der Waals surface area contributed by atoms with Gasteiger partial charge in [-0.3, -0.25) is 9.59 Å². The maximum absolute atomic E-state index is 12.5. The Morgan fingerprint density at radius 1 is 1.06 bits per heavy atom. The fourth-order valence-electron chi connectivity index (χ4n) is 3.64. The zero-order chi connectivity index (χ0) is 23.9. The third-order valence-corrected chi connectivity index (χ3v) is 6.67. The van der Waals surface area contributed by atoms with Gasteiger partial charge in [-0.2, -0.15) is 5.10 Å². The molecular weight excluding hydrogens is 450 g/mol. The van der Waals surface area contributed by atoms with Crippen LogP contribution in [0.5, 0.6) is 11.5 Å². The Balaban J connectivity index is 1.39. The molecule has 1 saturated heterocycles. The predicted octanol–water partition coefficient (Wildman–Crippen LogP) is 4.24. The van der Waals surface area contributed by atoms with E-state index in [1.54, 1.807) is 50.2 Å². The van der Waals surface area contributed by atoms with Gasteiger partial charge in [0.25, 0.3) is 5.91 Å². The second kappa shape index (κ2) is 10.9.